The number of hydrogen-bond donors (Lipinski definition) is 1. The topological polar surface area (TPSA) is 72.2 Å². The number of nitrogens with zero attached hydrogens (tertiary/aromatic N) is 2. The third-order valence-electron chi connectivity index (χ3n) is 5.73. The molecule has 1 heterocycles. The second kappa shape index (κ2) is 9.17. The van der Waals surface area contributed by atoms with Crippen molar-refractivity contribution in [1.82, 2.24) is 9.55 Å². The minimum absolute atomic E-state index is 0.0569. The van der Waals surface area contributed by atoms with Crippen molar-refractivity contribution in [2.24, 2.45) is 0 Å². The van der Waals surface area contributed by atoms with Gasteiger partial charge in [-0.3, -0.25) is 4.79 Å². The van der Waals surface area contributed by atoms with E-state index in [4.69, 9.17) is 0 Å². The van der Waals surface area contributed by atoms with Crippen LogP contribution in [-0.2, 0) is 30.1 Å². The van der Waals surface area contributed by atoms with E-state index in [2.05, 4.69) is 4.98 Å². The minimum Gasteiger partial charge on any atom is -0.478 e. The molecular weight excluding hydrogens is 438 g/mol. The van der Waals surface area contributed by atoms with Crippen LogP contribution in [0.1, 0.15) is 52.3 Å². The lowest BCUT2D eigenvalue weighted by atomic mass is 10.0. The van der Waals surface area contributed by atoms with Crippen LogP contribution in [0, 0.1) is 0 Å². The molecule has 1 aromatic heterocycles. The van der Waals surface area contributed by atoms with Gasteiger partial charge in [0, 0.05) is 31.9 Å². The van der Waals surface area contributed by atoms with Crippen LogP contribution in [-0.4, -0.2) is 26.4 Å². The summed E-state index contributed by atoms with van der Waals surface area (Å²) >= 11 is 0. The van der Waals surface area contributed by atoms with Crippen molar-refractivity contribution in [3.63, 3.8) is 0 Å². The van der Waals surface area contributed by atoms with Gasteiger partial charge in [0.1, 0.15) is 11.6 Å². The van der Waals surface area contributed by atoms with Crippen molar-refractivity contribution in [3.05, 3.63) is 100 Å². The second-order valence-corrected chi connectivity index (χ2v) is 8.54. The number of halogens is 2. The number of hydrogen-bond acceptors (Lipinski definition) is 3. The zero-order valence-electron chi connectivity index (χ0n) is 18.9. The van der Waals surface area contributed by atoms with Gasteiger partial charge in [-0.1, -0.05) is 48.5 Å². The number of carbonyl (C=O) groups is 2. The zero-order valence-corrected chi connectivity index (χ0v) is 18.9. The van der Waals surface area contributed by atoms with Gasteiger partial charge in [0.15, 0.2) is 0 Å². The van der Waals surface area contributed by atoms with Gasteiger partial charge in [-0.2, -0.15) is 0 Å². The highest BCUT2D eigenvalue weighted by molar-refractivity contribution is 5.92. The number of benzene rings is 3. The molecule has 4 aromatic rings. The molecule has 0 saturated heterocycles. The van der Waals surface area contributed by atoms with Crippen molar-refractivity contribution in [1.29, 1.82) is 0 Å². The summed E-state index contributed by atoms with van der Waals surface area (Å²) in [7, 11) is 0. The molecule has 0 radical (unpaired) electrons. The van der Waals surface area contributed by atoms with E-state index in [1.807, 2.05) is 28.8 Å². The number of Topliss-reactive ketones (excluding diaryl/α,β-unsaturated/α-hetero) is 1. The molecule has 4 rings (SSSR count). The molecule has 1 N–H and O–H groups in total. The molecular formula is C27H24F2N2O3. The Morgan fingerprint density at radius 1 is 1.00 bits per heavy atom. The van der Waals surface area contributed by atoms with Gasteiger partial charge in [0.05, 0.1) is 16.6 Å². The highest BCUT2D eigenvalue weighted by Gasteiger charge is 2.27. The Bertz CT molecular complexity index is 1370. The Morgan fingerprint density at radius 3 is 2.32 bits per heavy atom. The molecule has 0 aliphatic rings. The predicted molar refractivity (Wildman–Crippen MR) is 125 cm³/mol. The van der Waals surface area contributed by atoms with Crippen LogP contribution in [0.4, 0.5) is 8.78 Å². The van der Waals surface area contributed by atoms with Crippen LogP contribution in [0.5, 0.6) is 0 Å². The van der Waals surface area contributed by atoms with Crippen molar-refractivity contribution in [2.75, 3.05) is 0 Å². The van der Waals surface area contributed by atoms with Crippen molar-refractivity contribution < 1.29 is 23.5 Å². The Balaban J connectivity index is 1.77. The SMILES string of the molecule is CC(=O)Cc1ccc(Cc2nc3cc(C(=O)O)ccc3n2Cc2ccccc2C(C)(F)F)cc1. The monoisotopic (exact) mass is 462 g/mol. The molecule has 0 spiro atoms. The van der Waals surface area contributed by atoms with Gasteiger partial charge in [-0.25, -0.2) is 18.6 Å². The van der Waals surface area contributed by atoms with Crippen molar-refractivity contribution in [2.45, 2.75) is 39.2 Å². The van der Waals surface area contributed by atoms with E-state index < -0.39 is 11.9 Å². The standard InChI is InChI=1S/C27H24F2N2O3/c1-17(32)13-18-7-9-19(10-8-18)14-25-30-23-15-20(26(33)34)11-12-24(23)31(25)16-21-5-3-4-6-22(21)27(2,28)29/h3-12,15H,13-14,16H2,1-2H3,(H,33,34). The van der Waals surface area contributed by atoms with E-state index in [0.717, 1.165) is 18.1 Å². The summed E-state index contributed by atoms with van der Waals surface area (Å²) in [5, 5.41) is 9.36. The fourth-order valence-electron chi connectivity index (χ4n) is 4.13. The first-order chi connectivity index (χ1) is 16.1. The van der Waals surface area contributed by atoms with E-state index in [9.17, 15) is 23.5 Å². The molecule has 0 aliphatic carbocycles. The molecule has 0 saturated carbocycles. The normalized spacial score (nSPS) is 11.6. The molecule has 34 heavy (non-hydrogen) atoms. The van der Waals surface area contributed by atoms with Crippen LogP contribution in [0.2, 0.25) is 0 Å². The number of fused-ring (bicyclic) bond motifs is 1. The number of alkyl halides is 2. The fraction of sp³-hybridized carbons (Fsp3) is 0.222. The number of carboxylic acid groups (broad SMARTS) is 1. The zero-order chi connectivity index (χ0) is 24.5. The smallest absolute Gasteiger partial charge is 0.335 e. The van der Waals surface area contributed by atoms with Gasteiger partial charge in [0.25, 0.3) is 5.92 Å². The summed E-state index contributed by atoms with van der Waals surface area (Å²) in [6.07, 6.45) is 0.779. The molecule has 0 amide bonds. The summed E-state index contributed by atoms with van der Waals surface area (Å²) < 4.78 is 30.4. The summed E-state index contributed by atoms with van der Waals surface area (Å²) in [6, 6.07) is 18.7. The number of aromatic carboxylic acids is 1. The Labute approximate surface area is 195 Å². The minimum atomic E-state index is -3.00. The van der Waals surface area contributed by atoms with E-state index in [0.29, 0.717) is 35.3 Å². The van der Waals surface area contributed by atoms with E-state index in [-0.39, 0.29) is 23.5 Å². The molecule has 5 nitrogen and oxygen atoms in total. The summed E-state index contributed by atoms with van der Waals surface area (Å²) in [6.45, 7) is 2.58. The number of carbonyl (C=O) groups excluding carboxylic acids is 1. The fourth-order valence-corrected chi connectivity index (χ4v) is 4.13. The van der Waals surface area contributed by atoms with Crippen LogP contribution in [0.15, 0.2) is 66.7 Å². The molecule has 0 unspecified atom stereocenters. The number of rotatable bonds is 8. The number of aromatic nitrogens is 2. The average molecular weight is 462 g/mol. The summed E-state index contributed by atoms with van der Waals surface area (Å²) in [5.41, 5.74) is 3.53. The molecule has 0 fully saturated rings. The molecule has 3 aromatic carbocycles. The predicted octanol–water partition coefficient (Wildman–Crippen LogP) is 5.62. The maximum atomic E-state index is 14.3. The Morgan fingerprint density at radius 2 is 1.68 bits per heavy atom. The first-order valence-corrected chi connectivity index (χ1v) is 10.9. The Kier molecular flexibility index (Phi) is 6.28. The van der Waals surface area contributed by atoms with E-state index in [1.54, 1.807) is 31.2 Å². The molecule has 174 valence electrons. The molecule has 7 heteroatoms. The summed E-state index contributed by atoms with van der Waals surface area (Å²) in [4.78, 5) is 27.5. The lowest BCUT2D eigenvalue weighted by Gasteiger charge is -2.17. The van der Waals surface area contributed by atoms with Crippen LogP contribution >= 0.6 is 0 Å². The van der Waals surface area contributed by atoms with Crippen LogP contribution in [0.3, 0.4) is 0 Å². The number of ketones is 1. The third-order valence-corrected chi connectivity index (χ3v) is 5.73. The summed E-state index contributed by atoms with van der Waals surface area (Å²) in [5.74, 6) is -3.35. The van der Waals surface area contributed by atoms with Gasteiger partial charge in [-0.15, -0.1) is 0 Å². The van der Waals surface area contributed by atoms with Gasteiger partial charge < -0.3 is 9.67 Å². The maximum absolute atomic E-state index is 14.3. The number of carboxylic acids is 1. The lowest BCUT2D eigenvalue weighted by molar-refractivity contribution is -0.116. The molecule has 0 atom stereocenters. The first-order valence-electron chi connectivity index (χ1n) is 10.9. The third kappa shape index (κ3) is 5.03. The molecule has 0 bridgehead atoms. The quantitative estimate of drug-likeness (QED) is 0.369. The van der Waals surface area contributed by atoms with E-state index in [1.165, 1.54) is 18.2 Å². The van der Waals surface area contributed by atoms with Gasteiger partial charge in [0.2, 0.25) is 0 Å². The van der Waals surface area contributed by atoms with E-state index >= 15 is 0 Å². The highest BCUT2D eigenvalue weighted by atomic mass is 19.3. The average Bonchev–Trinajstić information content (AvgIpc) is 3.10. The lowest BCUT2D eigenvalue weighted by Crippen LogP contribution is -2.14. The van der Waals surface area contributed by atoms with Gasteiger partial charge in [-0.05, 0) is 41.8 Å². The van der Waals surface area contributed by atoms with Crippen molar-refractivity contribution >= 4 is 22.8 Å². The van der Waals surface area contributed by atoms with Crippen LogP contribution in [0.25, 0.3) is 11.0 Å². The second-order valence-electron chi connectivity index (χ2n) is 8.54. The number of imidazole rings is 1. The largest absolute Gasteiger partial charge is 0.478 e. The van der Waals surface area contributed by atoms with Crippen LogP contribution < -0.4 is 0 Å². The highest BCUT2D eigenvalue weighted by Crippen LogP contribution is 2.31. The van der Waals surface area contributed by atoms with Gasteiger partial charge >= 0.3 is 5.97 Å². The Hall–Kier alpha value is -3.87. The maximum Gasteiger partial charge on any atom is 0.335 e. The molecule has 0 aliphatic heterocycles. The van der Waals surface area contributed by atoms with Crippen molar-refractivity contribution in [3.8, 4) is 0 Å². The first kappa shape index (κ1) is 23.3.